The molecule has 0 spiro atoms. The molecule has 1 aliphatic heterocycles. The highest BCUT2D eigenvalue weighted by molar-refractivity contribution is 7.80. The molecule has 0 radical (unpaired) electrons. The van der Waals surface area contributed by atoms with Crippen LogP contribution in [0.4, 0.5) is 0 Å². The van der Waals surface area contributed by atoms with Crippen molar-refractivity contribution in [3.8, 4) is 0 Å². The van der Waals surface area contributed by atoms with Crippen LogP contribution in [-0.4, -0.2) is 71.4 Å². The molecule has 1 aliphatic rings. The fourth-order valence-corrected chi connectivity index (χ4v) is 2.25. The maximum Gasteiger partial charge on any atom is 0.397 e. The molecule has 1 amide bonds. The van der Waals surface area contributed by atoms with Gasteiger partial charge in [-0.2, -0.15) is 8.42 Å². The molecular weight excluding hydrogens is 286 g/mol. The van der Waals surface area contributed by atoms with Gasteiger partial charge in [-0.1, -0.05) is 0 Å². The van der Waals surface area contributed by atoms with Crippen molar-refractivity contribution in [2.75, 3.05) is 6.61 Å². The Hall–Kier alpha value is -0.820. The summed E-state index contributed by atoms with van der Waals surface area (Å²) in [5, 5.41) is 30.5. The summed E-state index contributed by atoms with van der Waals surface area (Å²) < 4.78 is 38.9. The van der Waals surface area contributed by atoms with Crippen LogP contribution in [0, 0.1) is 0 Å². The second-order valence-corrected chi connectivity index (χ2v) is 5.00. The average molecular weight is 301 g/mol. The van der Waals surface area contributed by atoms with Crippen molar-refractivity contribution in [1.29, 1.82) is 0 Å². The van der Waals surface area contributed by atoms with Gasteiger partial charge in [-0.25, -0.2) is 4.18 Å². The molecule has 0 bridgehead atoms. The molecule has 5 N–H and O–H groups in total. The van der Waals surface area contributed by atoms with E-state index < -0.39 is 53.6 Å². The number of amides is 1. The number of carbonyl (C=O) groups is 1. The fraction of sp³-hybridized carbons (Fsp3) is 0.875. The zero-order valence-electron chi connectivity index (χ0n) is 9.83. The summed E-state index contributed by atoms with van der Waals surface area (Å²) in [6.45, 7) is 0.331. The van der Waals surface area contributed by atoms with Gasteiger partial charge in [0.1, 0.15) is 24.4 Å². The van der Waals surface area contributed by atoms with Gasteiger partial charge in [-0.3, -0.25) is 9.35 Å². The summed E-state index contributed by atoms with van der Waals surface area (Å²) in [6, 6.07) is -1.37. The van der Waals surface area contributed by atoms with Crippen LogP contribution < -0.4 is 5.32 Å². The van der Waals surface area contributed by atoms with Crippen LogP contribution in [-0.2, 0) is 24.1 Å². The molecule has 0 aliphatic carbocycles. The number of rotatable bonds is 4. The van der Waals surface area contributed by atoms with E-state index in [-0.39, 0.29) is 0 Å². The Morgan fingerprint density at radius 2 is 2.00 bits per heavy atom. The maximum atomic E-state index is 10.9. The van der Waals surface area contributed by atoms with Gasteiger partial charge in [0, 0.05) is 6.92 Å². The van der Waals surface area contributed by atoms with Crippen LogP contribution in [0.15, 0.2) is 0 Å². The minimum Gasteiger partial charge on any atom is -0.394 e. The van der Waals surface area contributed by atoms with Crippen molar-refractivity contribution in [1.82, 2.24) is 5.32 Å². The van der Waals surface area contributed by atoms with Crippen LogP contribution >= 0.6 is 0 Å². The number of ether oxygens (including phenoxy) is 1. The van der Waals surface area contributed by atoms with E-state index in [2.05, 4.69) is 9.50 Å². The molecule has 0 aromatic carbocycles. The number of nitrogens with one attached hydrogen (secondary N) is 1. The molecule has 5 atom stereocenters. The van der Waals surface area contributed by atoms with Crippen molar-refractivity contribution in [2.45, 2.75) is 37.6 Å². The molecule has 0 saturated carbocycles. The van der Waals surface area contributed by atoms with E-state index >= 15 is 0 Å². The Kier molecular flexibility index (Phi) is 5.20. The van der Waals surface area contributed by atoms with Gasteiger partial charge in [0.2, 0.25) is 5.91 Å². The molecule has 1 fully saturated rings. The zero-order chi connectivity index (χ0) is 14.8. The quantitative estimate of drug-likeness (QED) is 0.335. The van der Waals surface area contributed by atoms with Crippen LogP contribution in [0.2, 0.25) is 0 Å². The lowest BCUT2D eigenvalue weighted by molar-refractivity contribution is -0.248. The molecule has 1 rings (SSSR count). The normalized spacial score (nSPS) is 35.9. The summed E-state index contributed by atoms with van der Waals surface area (Å²) in [6.07, 6.45) is -6.46. The van der Waals surface area contributed by atoms with Crippen molar-refractivity contribution in [3.05, 3.63) is 0 Å². The number of aliphatic hydroxyl groups excluding tert-OH is 3. The molecule has 1 saturated heterocycles. The van der Waals surface area contributed by atoms with Gasteiger partial charge in [-0.05, 0) is 0 Å². The molecule has 1 heterocycles. The van der Waals surface area contributed by atoms with Crippen LogP contribution in [0.25, 0.3) is 0 Å². The van der Waals surface area contributed by atoms with Crippen molar-refractivity contribution < 1.29 is 42.0 Å². The van der Waals surface area contributed by atoms with Crippen molar-refractivity contribution in [3.63, 3.8) is 0 Å². The average Bonchev–Trinajstić information content (AvgIpc) is 2.26. The second kappa shape index (κ2) is 6.09. The van der Waals surface area contributed by atoms with Gasteiger partial charge in [0.05, 0.1) is 6.61 Å². The molecule has 19 heavy (non-hydrogen) atoms. The van der Waals surface area contributed by atoms with Crippen LogP contribution in [0.5, 0.6) is 0 Å². The monoisotopic (exact) mass is 301 g/mol. The van der Waals surface area contributed by atoms with E-state index in [0.717, 1.165) is 6.92 Å². The van der Waals surface area contributed by atoms with Crippen molar-refractivity contribution >= 4 is 16.3 Å². The fourth-order valence-electron chi connectivity index (χ4n) is 1.73. The third-order valence-corrected chi connectivity index (χ3v) is 2.94. The van der Waals surface area contributed by atoms with Gasteiger partial charge < -0.3 is 25.4 Å². The smallest absolute Gasteiger partial charge is 0.394 e. The first kappa shape index (κ1) is 16.2. The standard InChI is InChI=1S/C8H15NO9S/c1-3(11)9-5-6(12)7(18-19(14,15)16)4(2-10)17-8(5)13/h4-8,10,12-13H,2H2,1H3,(H,9,11)(H,14,15,16)/t4?,5?,6?,7?,8-/m1/s1. The number of carbonyl (C=O) groups excluding carboxylic acids is 1. The predicted molar refractivity (Wildman–Crippen MR) is 58.0 cm³/mol. The number of hydrogen-bond acceptors (Lipinski definition) is 8. The summed E-state index contributed by atoms with van der Waals surface area (Å²) in [7, 11) is -4.91. The summed E-state index contributed by atoms with van der Waals surface area (Å²) in [5.74, 6) is -0.611. The van der Waals surface area contributed by atoms with E-state index in [1.165, 1.54) is 0 Å². The maximum absolute atomic E-state index is 10.9. The Labute approximate surface area is 108 Å². The molecule has 10 nitrogen and oxygen atoms in total. The summed E-state index contributed by atoms with van der Waals surface area (Å²) in [5.41, 5.74) is 0. The van der Waals surface area contributed by atoms with Gasteiger partial charge >= 0.3 is 10.4 Å². The topological polar surface area (TPSA) is 163 Å². The zero-order valence-corrected chi connectivity index (χ0v) is 10.6. The third kappa shape index (κ3) is 4.35. The van der Waals surface area contributed by atoms with Gasteiger partial charge in [-0.15, -0.1) is 0 Å². The molecule has 4 unspecified atom stereocenters. The SMILES string of the molecule is CC(=O)NC1C(O)C(OS(=O)(=O)O)C(CO)O[C@H]1O. The summed E-state index contributed by atoms with van der Waals surface area (Å²) in [4.78, 5) is 10.9. The molecular formula is C8H15NO9S. The van der Waals surface area contributed by atoms with Crippen LogP contribution in [0.1, 0.15) is 6.92 Å². The molecule has 112 valence electrons. The van der Waals surface area contributed by atoms with E-state index in [1.807, 2.05) is 0 Å². The van der Waals surface area contributed by atoms with E-state index in [1.54, 1.807) is 0 Å². The Morgan fingerprint density at radius 3 is 2.42 bits per heavy atom. The lowest BCUT2D eigenvalue weighted by Crippen LogP contribution is -2.64. The van der Waals surface area contributed by atoms with E-state index in [0.29, 0.717) is 0 Å². The second-order valence-electron chi connectivity index (χ2n) is 3.95. The Morgan fingerprint density at radius 1 is 1.42 bits per heavy atom. The Balaban J connectivity index is 2.94. The number of hydrogen-bond donors (Lipinski definition) is 5. The first-order valence-electron chi connectivity index (χ1n) is 5.21. The highest BCUT2D eigenvalue weighted by atomic mass is 32.3. The van der Waals surface area contributed by atoms with Crippen LogP contribution in [0.3, 0.4) is 0 Å². The summed E-state index contributed by atoms with van der Waals surface area (Å²) >= 11 is 0. The highest BCUT2D eigenvalue weighted by Gasteiger charge is 2.47. The molecule has 0 aromatic rings. The molecule has 0 aromatic heterocycles. The van der Waals surface area contributed by atoms with Crippen molar-refractivity contribution in [2.24, 2.45) is 0 Å². The first-order chi connectivity index (χ1) is 8.65. The largest absolute Gasteiger partial charge is 0.397 e. The third-order valence-electron chi connectivity index (χ3n) is 2.47. The van der Waals surface area contributed by atoms with E-state index in [4.69, 9.17) is 14.4 Å². The Bertz CT molecular complexity index is 424. The lowest BCUT2D eigenvalue weighted by atomic mass is 9.97. The molecule has 11 heteroatoms. The van der Waals surface area contributed by atoms with E-state index in [9.17, 15) is 23.4 Å². The van der Waals surface area contributed by atoms with Gasteiger partial charge in [0.15, 0.2) is 6.29 Å². The lowest BCUT2D eigenvalue weighted by Gasteiger charge is -2.41. The van der Waals surface area contributed by atoms with Gasteiger partial charge in [0.25, 0.3) is 0 Å². The number of aliphatic hydroxyl groups is 3. The minimum atomic E-state index is -4.91. The highest BCUT2D eigenvalue weighted by Crippen LogP contribution is 2.23. The minimum absolute atomic E-state index is 0.611. The first-order valence-corrected chi connectivity index (χ1v) is 6.57. The predicted octanol–water partition coefficient (Wildman–Crippen LogP) is -3.25.